The molecule has 4 nitrogen and oxygen atoms in total. The maximum Gasteiger partial charge on any atom is 0.258 e. The Bertz CT molecular complexity index is 1570. The number of nitriles is 1. The maximum absolute atomic E-state index is 13.7. The van der Waals surface area contributed by atoms with Crippen LogP contribution in [0.4, 0.5) is 5.69 Å². The first-order valence-electron chi connectivity index (χ1n) is 12.5. The van der Waals surface area contributed by atoms with Crippen LogP contribution in [0.3, 0.4) is 0 Å². The summed E-state index contributed by atoms with van der Waals surface area (Å²) >= 11 is 5.24. The van der Waals surface area contributed by atoms with Gasteiger partial charge in [-0.25, -0.2) is 0 Å². The molecule has 1 N–H and O–H groups in total. The van der Waals surface area contributed by atoms with Gasteiger partial charge in [-0.1, -0.05) is 45.8 Å². The Morgan fingerprint density at radius 2 is 1.84 bits per heavy atom. The molecule has 0 spiro atoms. The number of amides is 1. The first kappa shape index (κ1) is 25.3. The molecular formula is C31H28BrN3OS. The number of aromatic nitrogens is 1. The first-order valence-corrected chi connectivity index (χ1v) is 14.1. The van der Waals surface area contributed by atoms with Crippen molar-refractivity contribution in [2.75, 3.05) is 5.32 Å². The second kappa shape index (κ2) is 10.5. The van der Waals surface area contributed by atoms with E-state index in [1.807, 2.05) is 61.5 Å². The monoisotopic (exact) mass is 569 g/mol. The Morgan fingerprint density at radius 3 is 2.57 bits per heavy atom. The van der Waals surface area contributed by atoms with Crippen LogP contribution in [0, 0.1) is 32.1 Å². The zero-order valence-electron chi connectivity index (χ0n) is 21.2. The summed E-state index contributed by atoms with van der Waals surface area (Å²) in [5, 5.41) is 14.0. The van der Waals surface area contributed by atoms with Crippen molar-refractivity contribution in [3.8, 4) is 11.1 Å². The second-order valence-corrected chi connectivity index (χ2v) is 11.6. The van der Waals surface area contributed by atoms with E-state index in [0.717, 1.165) is 74.5 Å². The highest BCUT2D eigenvalue weighted by atomic mass is 79.9. The molecule has 1 aliphatic carbocycles. The van der Waals surface area contributed by atoms with Crippen molar-refractivity contribution in [3.05, 3.63) is 103 Å². The summed E-state index contributed by atoms with van der Waals surface area (Å²) in [5.74, 6) is -0.0605. The van der Waals surface area contributed by atoms with Gasteiger partial charge in [-0.15, -0.1) is 11.3 Å². The van der Waals surface area contributed by atoms with Crippen molar-refractivity contribution < 1.29 is 4.79 Å². The zero-order chi connectivity index (χ0) is 26.1. The molecule has 5 rings (SSSR count). The number of hydrogen-bond donors (Lipinski definition) is 1. The number of fused-ring (bicyclic) bond motifs is 1. The number of carbonyl (C=O) groups excluding carboxylic acids is 1. The van der Waals surface area contributed by atoms with E-state index in [1.54, 1.807) is 11.3 Å². The van der Waals surface area contributed by atoms with Crippen LogP contribution >= 0.6 is 27.3 Å². The lowest BCUT2D eigenvalue weighted by Gasteiger charge is -2.14. The number of benzene rings is 2. The van der Waals surface area contributed by atoms with Gasteiger partial charge in [-0.3, -0.25) is 4.79 Å². The van der Waals surface area contributed by atoms with Crippen LogP contribution in [0.5, 0.6) is 0 Å². The molecule has 0 aliphatic heterocycles. The predicted molar refractivity (Wildman–Crippen MR) is 157 cm³/mol. The highest BCUT2D eigenvalue weighted by Gasteiger charge is 2.28. The van der Waals surface area contributed by atoms with Gasteiger partial charge in [0.25, 0.3) is 5.91 Å². The number of thiophene rings is 1. The first-order chi connectivity index (χ1) is 17.9. The van der Waals surface area contributed by atoms with Gasteiger partial charge in [0.15, 0.2) is 0 Å². The summed E-state index contributed by atoms with van der Waals surface area (Å²) in [4.78, 5) is 15.0. The van der Waals surface area contributed by atoms with Crippen molar-refractivity contribution in [1.29, 1.82) is 5.26 Å². The average Bonchev–Trinajstić information content (AvgIpc) is 3.39. The molecule has 186 valence electrons. The van der Waals surface area contributed by atoms with Crippen molar-refractivity contribution >= 4 is 50.5 Å². The van der Waals surface area contributed by atoms with Gasteiger partial charge in [0.1, 0.15) is 5.00 Å². The minimum atomic E-state index is -0.0605. The summed E-state index contributed by atoms with van der Waals surface area (Å²) in [6, 6.07) is 20.2. The SMILES string of the molecule is Cc1ccc(NC(=O)c2c(-n3c(C)cc(/C=C(/C#N)c4cccc(Br)c4)c3C)sc3c2CCCC3)cc1. The lowest BCUT2D eigenvalue weighted by Crippen LogP contribution is -2.17. The smallest absolute Gasteiger partial charge is 0.258 e. The number of nitrogens with one attached hydrogen (secondary N) is 1. The molecule has 4 aromatic rings. The third kappa shape index (κ3) is 5.07. The number of nitrogens with zero attached hydrogens (tertiary/aromatic N) is 2. The van der Waals surface area contributed by atoms with Crippen LogP contribution in [0.25, 0.3) is 16.7 Å². The van der Waals surface area contributed by atoms with Gasteiger partial charge in [-0.05, 0) is 99.6 Å². The second-order valence-electron chi connectivity index (χ2n) is 9.55. The molecule has 0 fully saturated rings. The van der Waals surface area contributed by atoms with Gasteiger partial charge in [0, 0.05) is 26.4 Å². The van der Waals surface area contributed by atoms with Crippen LogP contribution < -0.4 is 5.32 Å². The Labute approximate surface area is 230 Å². The van der Waals surface area contributed by atoms with E-state index in [9.17, 15) is 10.1 Å². The number of aryl methyl sites for hydroxylation is 3. The van der Waals surface area contributed by atoms with E-state index in [-0.39, 0.29) is 5.91 Å². The molecule has 37 heavy (non-hydrogen) atoms. The summed E-state index contributed by atoms with van der Waals surface area (Å²) in [6.07, 6.45) is 6.14. The van der Waals surface area contributed by atoms with Gasteiger partial charge >= 0.3 is 0 Å². The summed E-state index contributed by atoms with van der Waals surface area (Å²) < 4.78 is 3.12. The highest BCUT2D eigenvalue weighted by molar-refractivity contribution is 9.10. The standard InChI is InChI=1S/C31H28BrN3OS/c1-19-11-13-26(14-12-19)34-30(36)29-27-9-4-5-10-28(27)37-31(29)35-20(2)15-23(21(35)3)16-24(18-33)22-7-6-8-25(32)17-22/h6-8,11-17H,4-5,9-10H2,1-3H3,(H,34,36)/b24-16-. The van der Waals surface area contributed by atoms with Gasteiger partial charge in [0.05, 0.1) is 17.2 Å². The molecule has 0 saturated carbocycles. The Morgan fingerprint density at radius 1 is 1.08 bits per heavy atom. The summed E-state index contributed by atoms with van der Waals surface area (Å²) in [5.41, 5.74) is 8.43. The molecule has 0 bridgehead atoms. The molecule has 2 aromatic heterocycles. The lowest BCUT2D eigenvalue weighted by atomic mass is 9.95. The molecule has 6 heteroatoms. The fourth-order valence-electron chi connectivity index (χ4n) is 5.01. The fourth-order valence-corrected chi connectivity index (χ4v) is 6.91. The highest BCUT2D eigenvalue weighted by Crippen LogP contribution is 2.39. The third-order valence-electron chi connectivity index (χ3n) is 6.92. The number of halogens is 1. The van der Waals surface area contributed by atoms with E-state index in [1.165, 1.54) is 10.4 Å². The summed E-state index contributed by atoms with van der Waals surface area (Å²) in [6.45, 7) is 6.17. The minimum absolute atomic E-state index is 0.0605. The van der Waals surface area contributed by atoms with Crippen molar-refractivity contribution in [2.24, 2.45) is 0 Å². The zero-order valence-corrected chi connectivity index (χ0v) is 23.6. The average molecular weight is 571 g/mol. The van der Waals surface area contributed by atoms with Crippen molar-refractivity contribution in [1.82, 2.24) is 4.57 Å². The van der Waals surface area contributed by atoms with E-state index >= 15 is 0 Å². The summed E-state index contributed by atoms with van der Waals surface area (Å²) in [7, 11) is 0. The molecule has 0 atom stereocenters. The molecule has 1 aliphatic rings. The number of hydrogen-bond acceptors (Lipinski definition) is 3. The topological polar surface area (TPSA) is 57.8 Å². The molecule has 0 saturated heterocycles. The predicted octanol–water partition coefficient (Wildman–Crippen LogP) is 8.42. The Hall–Kier alpha value is -3.40. The normalized spacial score (nSPS) is 13.2. The molecule has 1 amide bonds. The van der Waals surface area contributed by atoms with Gasteiger partial charge < -0.3 is 9.88 Å². The van der Waals surface area contributed by atoms with Gasteiger partial charge in [0.2, 0.25) is 0 Å². The van der Waals surface area contributed by atoms with Crippen LogP contribution in [-0.4, -0.2) is 10.5 Å². The number of allylic oxidation sites excluding steroid dienone is 1. The minimum Gasteiger partial charge on any atom is -0.322 e. The number of anilines is 1. The van der Waals surface area contributed by atoms with Crippen molar-refractivity contribution in [3.63, 3.8) is 0 Å². The van der Waals surface area contributed by atoms with Crippen LogP contribution in [-0.2, 0) is 12.8 Å². The largest absolute Gasteiger partial charge is 0.322 e. The van der Waals surface area contributed by atoms with E-state index in [2.05, 4.69) is 51.8 Å². The lowest BCUT2D eigenvalue weighted by molar-refractivity contribution is 0.102. The van der Waals surface area contributed by atoms with Crippen LogP contribution in [0.1, 0.15) is 61.7 Å². The molecular weight excluding hydrogens is 542 g/mol. The molecule has 0 radical (unpaired) electrons. The van der Waals surface area contributed by atoms with Crippen molar-refractivity contribution in [2.45, 2.75) is 46.5 Å². The Kier molecular flexibility index (Phi) is 7.19. The number of rotatable bonds is 5. The van der Waals surface area contributed by atoms with E-state index in [0.29, 0.717) is 5.57 Å². The Balaban J connectivity index is 1.60. The van der Waals surface area contributed by atoms with E-state index in [4.69, 9.17) is 0 Å². The fraction of sp³-hybridized carbons (Fsp3) is 0.226. The van der Waals surface area contributed by atoms with Crippen LogP contribution in [0.2, 0.25) is 0 Å². The quantitative estimate of drug-likeness (QED) is 0.245. The molecule has 2 aromatic carbocycles. The van der Waals surface area contributed by atoms with E-state index < -0.39 is 0 Å². The maximum atomic E-state index is 13.7. The molecule has 2 heterocycles. The number of carbonyl (C=O) groups is 1. The molecule has 0 unspecified atom stereocenters. The van der Waals surface area contributed by atoms with Crippen LogP contribution in [0.15, 0.2) is 59.1 Å². The van der Waals surface area contributed by atoms with Gasteiger partial charge in [-0.2, -0.15) is 5.26 Å². The third-order valence-corrected chi connectivity index (χ3v) is 8.69.